The van der Waals surface area contributed by atoms with E-state index in [9.17, 15) is 13.2 Å². The molecule has 0 aromatic carbocycles. The molecule has 1 saturated carbocycles. The molecule has 0 saturated heterocycles. The number of carboxylic acid groups (broad SMARTS) is 1. The highest BCUT2D eigenvalue weighted by atomic mass is 32.2. The Hall–Kier alpha value is -0.990. The van der Waals surface area contributed by atoms with E-state index >= 15 is 0 Å². The number of aromatic nitrogens is 1. The maximum atomic E-state index is 12.3. The van der Waals surface area contributed by atoms with Gasteiger partial charge in [-0.1, -0.05) is 0 Å². The zero-order valence-electron chi connectivity index (χ0n) is 9.87. The second-order valence-electron chi connectivity index (χ2n) is 4.19. The van der Waals surface area contributed by atoms with E-state index in [0.717, 1.165) is 24.2 Å². The van der Waals surface area contributed by atoms with Crippen molar-refractivity contribution >= 4 is 27.3 Å². The molecule has 0 unspecified atom stereocenters. The van der Waals surface area contributed by atoms with Gasteiger partial charge in [-0.15, -0.1) is 11.3 Å². The minimum atomic E-state index is -3.59. The molecule has 1 fully saturated rings. The van der Waals surface area contributed by atoms with Gasteiger partial charge in [0.1, 0.15) is 0 Å². The molecule has 0 spiro atoms. The van der Waals surface area contributed by atoms with Crippen molar-refractivity contribution in [1.29, 1.82) is 0 Å². The third-order valence-corrected chi connectivity index (χ3v) is 5.96. The van der Waals surface area contributed by atoms with Crippen LogP contribution in [0.1, 0.15) is 24.3 Å². The first-order valence-electron chi connectivity index (χ1n) is 5.57. The molecule has 1 aromatic rings. The van der Waals surface area contributed by atoms with Crippen LogP contribution in [0.2, 0.25) is 0 Å². The van der Waals surface area contributed by atoms with Gasteiger partial charge in [-0.3, -0.25) is 4.79 Å². The molecule has 0 amide bonds. The van der Waals surface area contributed by atoms with Crippen molar-refractivity contribution in [2.45, 2.75) is 36.4 Å². The Morgan fingerprint density at radius 2 is 2.28 bits per heavy atom. The summed E-state index contributed by atoms with van der Waals surface area (Å²) in [6.07, 6.45) is 2.77. The van der Waals surface area contributed by atoms with Gasteiger partial charge in [0, 0.05) is 12.6 Å². The molecule has 1 heterocycles. The van der Waals surface area contributed by atoms with Gasteiger partial charge < -0.3 is 5.11 Å². The molecule has 1 aliphatic rings. The van der Waals surface area contributed by atoms with E-state index in [2.05, 4.69) is 4.98 Å². The average molecular weight is 290 g/mol. The minimum absolute atomic E-state index is 0.0271. The van der Waals surface area contributed by atoms with Crippen molar-refractivity contribution in [1.82, 2.24) is 9.29 Å². The number of nitrogens with zero attached hydrogens (tertiary/aromatic N) is 2. The van der Waals surface area contributed by atoms with Gasteiger partial charge in [-0.05, 0) is 19.8 Å². The van der Waals surface area contributed by atoms with Crippen molar-refractivity contribution in [3.05, 3.63) is 11.2 Å². The SMILES string of the molecule is Cc1ncc(S(=O)(=O)N(CCC(=O)O)C2CC2)s1. The lowest BCUT2D eigenvalue weighted by Crippen LogP contribution is -2.34. The van der Waals surface area contributed by atoms with Gasteiger partial charge in [-0.2, -0.15) is 4.31 Å². The third-order valence-electron chi connectivity index (χ3n) is 2.66. The van der Waals surface area contributed by atoms with E-state index in [0.29, 0.717) is 5.01 Å². The summed E-state index contributed by atoms with van der Waals surface area (Å²) in [5.74, 6) is -0.990. The summed E-state index contributed by atoms with van der Waals surface area (Å²) in [6, 6.07) is -0.0447. The first-order chi connectivity index (χ1) is 8.41. The van der Waals surface area contributed by atoms with Crippen LogP contribution >= 0.6 is 11.3 Å². The first-order valence-corrected chi connectivity index (χ1v) is 7.83. The van der Waals surface area contributed by atoms with Crippen molar-refractivity contribution in [2.75, 3.05) is 6.54 Å². The van der Waals surface area contributed by atoms with E-state index in [1.165, 1.54) is 10.5 Å². The quantitative estimate of drug-likeness (QED) is 0.847. The smallest absolute Gasteiger partial charge is 0.304 e. The Bertz CT molecular complexity index is 548. The van der Waals surface area contributed by atoms with Gasteiger partial charge in [0.25, 0.3) is 10.0 Å². The second-order valence-corrected chi connectivity index (χ2v) is 7.54. The van der Waals surface area contributed by atoms with Crippen LogP contribution in [-0.4, -0.2) is 41.4 Å². The largest absolute Gasteiger partial charge is 0.481 e. The standard InChI is InChI=1S/C10H14N2O4S2/c1-7-11-6-10(17-7)18(15,16)12(8-2-3-8)5-4-9(13)14/h6,8H,2-5H2,1H3,(H,13,14). The molecular weight excluding hydrogens is 276 g/mol. The van der Waals surface area contributed by atoms with E-state index in [4.69, 9.17) is 5.11 Å². The molecule has 100 valence electrons. The molecule has 0 atom stereocenters. The molecule has 6 nitrogen and oxygen atoms in total. The predicted molar refractivity (Wildman–Crippen MR) is 66.0 cm³/mol. The van der Waals surface area contributed by atoms with Crippen molar-refractivity contribution in [2.24, 2.45) is 0 Å². The Kier molecular flexibility index (Phi) is 3.69. The molecule has 2 rings (SSSR count). The summed E-state index contributed by atoms with van der Waals surface area (Å²) in [5.41, 5.74) is 0. The number of carboxylic acids is 1. The summed E-state index contributed by atoms with van der Waals surface area (Å²) in [6.45, 7) is 1.77. The highest BCUT2D eigenvalue weighted by Crippen LogP contribution is 2.33. The first kappa shape index (κ1) is 13.4. The molecule has 0 bridgehead atoms. The van der Waals surface area contributed by atoms with Crippen LogP contribution in [0, 0.1) is 6.92 Å². The highest BCUT2D eigenvalue weighted by Gasteiger charge is 2.38. The number of aliphatic carboxylic acids is 1. The summed E-state index contributed by atoms with van der Waals surface area (Å²) in [5, 5.41) is 9.36. The number of aryl methyl sites for hydroxylation is 1. The number of hydrogen-bond donors (Lipinski definition) is 1. The maximum absolute atomic E-state index is 12.3. The van der Waals surface area contributed by atoms with Crippen LogP contribution in [0.4, 0.5) is 0 Å². The number of thiazole rings is 1. The van der Waals surface area contributed by atoms with Crippen LogP contribution < -0.4 is 0 Å². The molecular formula is C10H14N2O4S2. The lowest BCUT2D eigenvalue weighted by atomic mass is 10.4. The number of carbonyl (C=O) groups is 1. The Labute approximate surface area is 109 Å². The van der Waals surface area contributed by atoms with Gasteiger partial charge >= 0.3 is 5.97 Å². The summed E-state index contributed by atoms with van der Waals surface area (Å²) < 4.78 is 26.2. The minimum Gasteiger partial charge on any atom is -0.481 e. The maximum Gasteiger partial charge on any atom is 0.304 e. The summed E-state index contributed by atoms with van der Waals surface area (Å²) in [4.78, 5) is 14.5. The highest BCUT2D eigenvalue weighted by molar-refractivity contribution is 7.91. The fourth-order valence-corrected chi connectivity index (χ4v) is 4.57. The fraction of sp³-hybridized carbons (Fsp3) is 0.600. The van der Waals surface area contributed by atoms with E-state index < -0.39 is 16.0 Å². The van der Waals surface area contributed by atoms with Gasteiger partial charge in [0.05, 0.1) is 17.6 Å². The molecule has 1 N–H and O–H groups in total. The Morgan fingerprint density at radius 1 is 1.61 bits per heavy atom. The lowest BCUT2D eigenvalue weighted by Gasteiger charge is -2.19. The lowest BCUT2D eigenvalue weighted by molar-refractivity contribution is -0.137. The summed E-state index contributed by atoms with van der Waals surface area (Å²) >= 11 is 1.11. The monoisotopic (exact) mass is 290 g/mol. The van der Waals surface area contributed by atoms with Gasteiger partial charge in [-0.25, -0.2) is 13.4 Å². The predicted octanol–water partition coefficient (Wildman–Crippen LogP) is 1.08. The zero-order valence-corrected chi connectivity index (χ0v) is 11.5. The van der Waals surface area contributed by atoms with Crippen LogP contribution in [0.15, 0.2) is 10.4 Å². The van der Waals surface area contributed by atoms with Gasteiger partial charge in [0.15, 0.2) is 4.21 Å². The Balaban J connectivity index is 2.21. The molecule has 0 aliphatic heterocycles. The van der Waals surface area contributed by atoms with Crippen LogP contribution in [0.3, 0.4) is 0 Å². The number of rotatable bonds is 6. The van der Waals surface area contributed by atoms with Crippen LogP contribution in [0.5, 0.6) is 0 Å². The number of hydrogen-bond acceptors (Lipinski definition) is 5. The van der Waals surface area contributed by atoms with Gasteiger partial charge in [0.2, 0.25) is 0 Å². The second kappa shape index (κ2) is 4.94. The van der Waals surface area contributed by atoms with E-state index in [-0.39, 0.29) is 23.2 Å². The van der Waals surface area contributed by atoms with Crippen LogP contribution in [-0.2, 0) is 14.8 Å². The molecule has 1 aliphatic carbocycles. The van der Waals surface area contributed by atoms with E-state index in [1.807, 2.05) is 0 Å². The average Bonchev–Trinajstić information content (AvgIpc) is 2.99. The topological polar surface area (TPSA) is 87.6 Å². The van der Waals surface area contributed by atoms with Crippen molar-refractivity contribution < 1.29 is 18.3 Å². The van der Waals surface area contributed by atoms with Crippen molar-refractivity contribution in [3.63, 3.8) is 0 Å². The third kappa shape index (κ3) is 2.88. The number of sulfonamides is 1. The van der Waals surface area contributed by atoms with Crippen molar-refractivity contribution in [3.8, 4) is 0 Å². The van der Waals surface area contributed by atoms with E-state index in [1.54, 1.807) is 6.92 Å². The molecule has 8 heteroatoms. The fourth-order valence-electron chi connectivity index (χ4n) is 1.64. The normalized spacial score (nSPS) is 16.1. The zero-order chi connectivity index (χ0) is 13.3. The molecule has 0 radical (unpaired) electrons. The van der Waals surface area contributed by atoms with Crippen LogP contribution in [0.25, 0.3) is 0 Å². The molecule has 1 aromatic heterocycles. The molecule has 18 heavy (non-hydrogen) atoms. The Morgan fingerprint density at radius 3 is 2.72 bits per heavy atom. The summed E-state index contributed by atoms with van der Waals surface area (Å²) in [7, 11) is -3.59.